The molecule has 2 amide bonds. The first-order chi connectivity index (χ1) is 21.5. The van der Waals surface area contributed by atoms with Gasteiger partial charge in [0, 0.05) is 61.3 Å². The molecule has 0 unspecified atom stereocenters. The van der Waals surface area contributed by atoms with E-state index in [9.17, 15) is 14.4 Å². The van der Waals surface area contributed by atoms with Crippen molar-refractivity contribution in [2.45, 2.75) is 33.3 Å². The molecule has 234 valence electrons. The first-order valence-corrected chi connectivity index (χ1v) is 14.6. The molecule has 45 heavy (non-hydrogen) atoms. The topological polar surface area (TPSA) is 131 Å². The number of aromatic nitrogens is 3. The summed E-state index contributed by atoms with van der Waals surface area (Å²) < 4.78 is 12.7. The lowest BCUT2D eigenvalue weighted by Crippen LogP contribution is -2.50. The van der Waals surface area contributed by atoms with Crippen LogP contribution in [0, 0.1) is 6.92 Å². The maximum atomic E-state index is 13.2. The number of amides is 2. The zero-order valence-corrected chi connectivity index (χ0v) is 26.1. The monoisotopic (exact) mass is 611 g/mol. The molecule has 5 rings (SSSR count). The number of piperazine rings is 1. The van der Waals surface area contributed by atoms with E-state index in [2.05, 4.69) is 27.1 Å². The van der Waals surface area contributed by atoms with Crippen LogP contribution in [0.4, 0.5) is 27.8 Å². The first kappa shape index (κ1) is 31.0. The van der Waals surface area contributed by atoms with Crippen LogP contribution in [0.3, 0.4) is 0 Å². The zero-order chi connectivity index (χ0) is 32.3. The summed E-state index contributed by atoms with van der Waals surface area (Å²) in [5, 5.41) is 6.66. The number of carbonyl (C=O) groups is 2. The third-order valence-electron chi connectivity index (χ3n) is 7.25. The van der Waals surface area contributed by atoms with Crippen LogP contribution in [0.25, 0.3) is 16.7 Å². The number of benzene rings is 2. The number of carbonyl (C=O) groups excluding carboxylic acids is 2. The van der Waals surface area contributed by atoms with Crippen molar-refractivity contribution in [3.05, 3.63) is 83.3 Å². The second-order valence-corrected chi connectivity index (χ2v) is 11.6. The van der Waals surface area contributed by atoms with E-state index in [1.807, 2.05) is 45.9 Å². The van der Waals surface area contributed by atoms with Crippen molar-refractivity contribution in [3.63, 3.8) is 0 Å². The lowest BCUT2D eigenvalue weighted by Gasteiger charge is -2.37. The molecule has 0 bridgehead atoms. The van der Waals surface area contributed by atoms with E-state index in [0.29, 0.717) is 60.0 Å². The number of anilines is 4. The van der Waals surface area contributed by atoms with Crippen LogP contribution in [0.1, 0.15) is 26.3 Å². The Bertz CT molecular complexity index is 1820. The molecule has 2 aromatic carbocycles. The van der Waals surface area contributed by atoms with Gasteiger partial charge in [0.15, 0.2) is 5.65 Å². The molecule has 0 aliphatic carbocycles. The van der Waals surface area contributed by atoms with Crippen LogP contribution in [0.15, 0.2) is 72.2 Å². The van der Waals surface area contributed by atoms with Gasteiger partial charge >= 0.3 is 6.09 Å². The maximum Gasteiger partial charge on any atom is 0.410 e. The van der Waals surface area contributed by atoms with E-state index in [-0.39, 0.29) is 23.5 Å². The smallest absolute Gasteiger partial charge is 0.410 e. The minimum atomic E-state index is -0.537. The Morgan fingerprint density at radius 1 is 1.02 bits per heavy atom. The maximum absolute atomic E-state index is 13.2. The second-order valence-electron chi connectivity index (χ2n) is 11.6. The molecular formula is C33H37N7O5. The Balaban J connectivity index is 1.40. The summed E-state index contributed by atoms with van der Waals surface area (Å²) in [5.74, 6) is 0.498. The lowest BCUT2D eigenvalue weighted by atomic mass is 10.2. The second kappa shape index (κ2) is 12.7. The van der Waals surface area contributed by atoms with Gasteiger partial charge in [-0.25, -0.2) is 9.78 Å². The van der Waals surface area contributed by atoms with Crippen molar-refractivity contribution >= 4 is 46.0 Å². The van der Waals surface area contributed by atoms with Crippen LogP contribution in [-0.4, -0.2) is 70.3 Å². The summed E-state index contributed by atoms with van der Waals surface area (Å²) >= 11 is 0. The average Bonchev–Trinajstić information content (AvgIpc) is 3.00. The Morgan fingerprint density at radius 2 is 1.78 bits per heavy atom. The van der Waals surface area contributed by atoms with Crippen LogP contribution < -0.4 is 25.8 Å². The first-order valence-electron chi connectivity index (χ1n) is 14.6. The fraction of sp³-hybridized carbons (Fsp3) is 0.303. The van der Waals surface area contributed by atoms with Crippen LogP contribution in [0.2, 0.25) is 0 Å². The van der Waals surface area contributed by atoms with Crippen LogP contribution >= 0.6 is 0 Å². The van der Waals surface area contributed by atoms with Gasteiger partial charge in [0.25, 0.3) is 5.56 Å². The number of fused-ring (bicyclic) bond motifs is 1. The van der Waals surface area contributed by atoms with E-state index in [0.717, 1.165) is 11.3 Å². The summed E-state index contributed by atoms with van der Waals surface area (Å²) in [6.07, 6.45) is 2.55. The molecule has 1 aliphatic heterocycles. The third kappa shape index (κ3) is 7.06. The third-order valence-corrected chi connectivity index (χ3v) is 7.25. The summed E-state index contributed by atoms with van der Waals surface area (Å²) in [7, 11) is 1.59. The van der Waals surface area contributed by atoms with E-state index < -0.39 is 5.60 Å². The highest BCUT2D eigenvalue weighted by Crippen LogP contribution is 2.32. The van der Waals surface area contributed by atoms with Crippen molar-refractivity contribution in [1.29, 1.82) is 0 Å². The fourth-order valence-corrected chi connectivity index (χ4v) is 5.05. The molecule has 12 nitrogen and oxygen atoms in total. The number of aryl methyl sites for hydroxylation is 1. The average molecular weight is 612 g/mol. The standard InChI is InChI=1S/C33H37N7O5/c1-7-28(41)35-22-9-8-10-24(18-22)40-29(42)17-21(2)25-20-34-31(37-30(25)40)36-26-12-11-23(19-27(26)44-6)38-13-15-39(16-14-38)32(43)45-33(3,4)5/h7-12,17-20H,1,13-16H2,2-6H3,(H,35,41)(H,34,36,37). The molecular weight excluding hydrogens is 574 g/mol. The molecule has 3 heterocycles. The van der Waals surface area contributed by atoms with E-state index in [4.69, 9.17) is 14.5 Å². The highest BCUT2D eigenvalue weighted by Gasteiger charge is 2.26. The number of ether oxygens (including phenoxy) is 2. The molecule has 0 radical (unpaired) electrons. The molecule has 1 saturated heterocycles. The Morgan fingerprint density at radius 3 is 2.47 bits per heavy atom. The number of hydrogen-bond donors (Lipinski definition) is 2. The van der Waals surface area contributed by atoms with Crippen molar-refractivity contribution in [2.24, 2.45) is 0 Å². The molecule has 1 aliphatic rings. The zero-order valence-electron chi connectivity index (χ0n) is 26.1. The SMILES string of the molecule is C=CC(=O)Nc1cccc(-n2c(=O)cc(C)c3cnc(Nc4ccc(N5CCN(C(=O)OC(C)(C)C)CC5)cc4OC)nc32)c1. The van der Waals surface area contributed by atoms with Gasteiger partial charge in [0.05, 0.1) is 18.5 Å². The van der Waals surface area contributed by atoms with Gasteiger partial charge in [-0.05, 0) is 69.7 Å². The molecule has 0 spiro atoms. The van der Waals surface area contributed by atoms with Gasteiger partial charge < -0.3 is 29.9 Å². The molecule has 1 fully saturated rings. The van der Waals surface area contributed by atoms with Crippen molar-refractivity contribution < 1.29 is 19.1 Å². The van der Waals surface area contributed by atoms with Gasteiger partial charge in [-0.15, -0.1) is 0 Å². The predicted octanol–water partition coefficient (Wildman–Crippen LogP) is 5.02. The quantitative estimate of drug-likeness (QED) is 0.277. The van der Waals surface area contributed by atoms with Crippen molar-refractivity contribution in [2.75, 3.05) is 48.8 Å². The summed E-state index contributed by atoms with van der Waals surface area (Å²) in [6.45, 7) is 13.3. The van der Waals surface area contributed by atoms with E-state index in [1.165, 1.54) is 16.7 Å². The molecule has 0 saturated carbocycles. The van der Waals surface area contributed by atoms with Gasteiger partial charge in [0.2, 0.25) is 11.9 Å². The van der Waals surface area contributed by atoms with Gasteiger partial charge in [-0.1, -0.05) is 12.6 Å². The number of nitrogens with zero attached hydrogens (tertiary/aromatic N) is 5. The molecule has 12 heteroatoms. The van der Waals surface area contributed by atoms with Gasteiger partial charge in [-0.2, -0.15) is 4.98 Å². The predicted molar refractivity (Wildman–Crippen MR) is 175 cm³/mol. The number of pyridine rings is 1. The lowest BCUT2D eigenvalue weighted by molar-refractivity contribution is -0.111. The highest BCUT2D eigenvalue weighted by atomic mass is 16.6. The number of methoxy groups -OCH3 is 1. The van der Waals surface area contributed by atoms with Crippen molar-refractivity contribution in [3.8, 4) is 11.4 Å². The summed E-state index contributed by atoms with van der Waals surface area (Å²) in [6, 6.07) is 14.3. The van der Waals surface area contributed by atoms with Crippen LogP contribution in [0.5, 0.6) is 5.75 Å². The molecule has 4 aromatic rings. The van der Waals surface area contributed by atoms with Gasteiger partial charge in [-0.3, -0.25) is 14.2 Å². The van der Waals surface area contributed by atoms with Crippen LogP contribution in [-0.2, 0) is 9.53 Å². The van der Waals surface area contributed by atoms with E-state index in [1.54, 1.807) is 42.5 Å². The normalized spacial score (nSPS) is 13.4. The molecule has 2 N–H and O–H groups in total. The minimum absolute atomic E-state index is 0.273. The number of nitrogens with one attached hydrogen (secondary N) is 2. The van der Waals surface area contributed by atoms with Gasteiger partial charge in [0.1, 0.15) is 11.4 Å². The Kier molecular flexibility index (Phi) is 8.75. The number of hydrogen-bond acceptors (Lipinski definition) is 9. The Labute approximate surface area is 261 Å². The van der Waals surface area contributed by atoms with E-state index >= 15 is 0 Å². The highest BCUT2D eigenvalue weighted by molar-refractivity contribution is 5.99. The summed E-state index contributed by atoms with van der Waals surface area (Å²) in [4.78, 5) is 50.7. The minimum Gasteiger partial charge on any atom is -0.494 e. The van der Waals surface area contributed by atoms with Crippen molar-refractivity contribution in [1.82, 2.24) is 19.4 Å². The Hall–Kier alpha value is -5.39. The fourth-order valence-electron chi connectivity index (χ4n) is 5.05. The largest absolute Gasteiger partial charge is 0.494 e. The molecule has 0 atom stereocenters. The summed E-state index contributed by atoms with van der Waals surface area (Å²) in [5.41, 5.74) is 2.98. The number of rotatable bonds is 7. The molecule has 2 aromatic heterocycles.